The van der Waals surface area contributed by atoms with Crippen LogP contribution in [0.15, 0.2) is 35.7 Å². The van der Waals surface area contributed by atoms with Gasteiger partial charge in [-0.1, -0.05) is 29.4 Å². The number of amides is 1. The first-order valence-electron chi connectivity index (χ1n) is 7.97. The van der Waals surface area contributed by atoms with Gasteiger partial charge in [-0.05, 0) is 24.6 Å². The lowest BCUT2D eigenvalue weighted by Gasteiger charge is -2.23. The molecular weight excluding hydrogens is 378 g/mol. The molecule has 1 aliphatic rings. The normalized spacial score (nSPS) is 19.5. The Hall–Kier alpha value is -2.03. The second-order valence-corrected chi connectivity index (χ2v) is 7.34. The molecule has 1 atom stereocenters. The van der Waals surface area contributed by atoms with Gasteiger partial charge in [0.05, 0.1) is 18.0 Å². The van der Waals surface area contributed by atoms with Gasteiger partial charge in [-0.3, -0.25) is 9.36 Å². The molecule has 3 rings (SSSR count). The standard InChI is InChI=1S/C17H18ClN3O4S/c1-11-12(18)3-2-4-13(11)21-7-6-19-16(21)26-9-14(22)20-17(15(23)24)5-8-25-10-17/h2-4,6-7H,5,8-10H2,1H3,(H,20,22)(H,23,24). The van der Waals surface area contributed by atoms with Gasteiger partial charge in [-0.2, -0.15) is 0 Å². The number of hydrogen-bond acceptors (Lipinski definition) is 5. The van der Waals surface area contributed by atoms with Crippen molar-refractivity contribution in [1.82, 2.24) is 14.9 Å². The van der Waals surface area contributed by atoms with E-state index in [9.17, 15) is 14.7 Å². The summed E-state index contributed by atoms with van der Waals surface area (Å²) >= 11 is 7.41. The Morgan fingerprint density at radius 2 is 2.31 bits per heavy atom. The van der Waals surface area contributed by atoms with Crippen LogP contribution in [-0.4, -0.2) is 51.0 Å². The average molecular weight is 396 g/mol. The summed E-state index contributed by atoms with van der Waals surface area (Å²) in [5.41, 5.74) is 0.451. The van der Waals surface area contributed by atoms with E-state index < -0.39 is 11.5 Å². The smallest absolute Gasteiger partial charge is 0.331 e. The van der Waals surface area contributed by atoms with E-state index in [2.05, 4.69) is 10.3 Å². The number of halogens is 1. The SMILES string of the molecule is Cc1c(Cl)cccc1-n1ccnc1SCC(=O)NC1(C(=O)O)CCOC1. The van der Waals surface area contributed by atoms with Crippen LogP contribution in [0.5, 0.6) is 0 Å². The molecule has 26 heavy (non-hydrogen) atoms. The summed E-state index contributed by atoms with van der Waals surface area (Å²) in [6, 6.07) is 5.58. The lowest BCUT2D eigenvalue weighted by Crippen LogP contribution is -2.55. The zero-order chi connectivity index (χ0) is 18.7. The third-order valence-corrected chi connectivity index (χ3v) is 5.62. The molecule has 7 nitrogen and oxygen atoms in total. The van der Waals surface area contributed by atoms with Crippen molar-refractivity contribution in [3.63, 3.8) is 0 Å². The number of rotatable bonds is 6. The van der Waals surface area contributed by atoms with Crippen molar-refractivity contribution < 1.29 is 19.4 Å². The van der Waals surface area contributed by atoms with Crippen LogP contribution < -0.4 is 5.32 Å². The maximum atomic E-state index is 12.3. The molecular formula is C17H18ClN3O4S. The van der Waals surface area contributed by atoms with Gasteiger partial charge < -0.3 is 15.2 Å². The number of imidazole rings is 1. The highest BCUT2D eigenvalue weighted by atomic mass is 35.5. The van der Waals surface area contributed by atoms with Crippen LogP contribution >= 0.6 is 23.4 Å². The molecule has 1 saturated heterocycles. The van der Waals surface area contributed by atoms with E-state index in [1.165, 1.54) is 11.8 Å². The molecule has 1 amide bonds. The minimum absolute atomic E-state index is 0.0188. The summed E-state index contributed by atoms with van der Waals surface area (Å²) < 4.78 is 7.00. The zero-order valence-corrected chi connectivity index (χ0v) is 15.6. The number of hydrogen-bond donors (Lipinski definition) is 2. The lowest BCUT2D eigenvalue weighted by atomic mass is 9.99. The molecule has 0 spiro atoms. The maximum absolute atomic E-state index is 12.3. The summed E-state index contributed by atoms with van der Waals surface area (Å²) in [7, 11) is 0. The molecule has 2 heterocycles. The third kappa shape index (κ3) is 3.72. The second-order valence-electron chi connectivity index (χ2n) is 5.99. The zero-order valence-electron chi connectivity index (χ0n) is 14.1. The number of carbonyl (C=O) groups excluding carboxylic acids is 1. The maximum Gasteiger partial charge on any atom is 0.331 e. The highest BCUT2D eigenvalue weighted by Crippen LogP contribution is 2.27. The van der Waals surface area contributed by atoms with Crippen molar-refractivity contribution in [3.05, 3.63) is 41.2 Å². The Morgan fingerprint density at radius 1 is 1.50 bits per heavy atom. The summed E-state index contributed by atoms with van der Waals surface area (Å²) in [5, 5.41) is 13.2. The Kier molecular flexibility index (Phi) is 5.55. The van der Waals surface area contributed by atoms with Crippen LogP contribution in [0, 0.1) is 6.92 Å². The number of aromatic nitrogens is 2. The molecule has 1 fully saturated rings. The first-order valence-corrected chi connectivity index (χ1v) is 9.33. The van der Waals surface area contributed by atoms with Crippen molar-refractivity contribution in [1.29, 1.82) is 0 Å². The number of carboxylic acid groups (broad SMARTS) is 1. The molecule has 0 aliphatic carbocycles. The second kappa shape index (κ2) is 7.69. The molecule has 2 aromatic rings. The van der Waals surface area contributed by atoms with E-state index in [0.29, 0.717) is 16.8 Å². The molecule has 0 radical (unpaired) electrons. The van der Waals surface area contributed by atoms with Gasteiger partial charge in [0, 0.05) is 30.4 Å². The van der Waals surface area contributed by atoms with Crippen LogP contribution in [-0.2, 0) is 14.3 Å². The number of ether oxygens (including phenoxy) is 1. The molecule has 138 valence electrons. The highest BCUT2D eigenvalue weighted by molar-refractivity contribution is 7.99. The number of carbonyl (C=O) groups is 2. The average Bonchev–Trinajstić information content (AvgIpc) is 3.25. The van der Waals surface area contributed by atoms with Gasteiger partial charge in [-0.25, -0.2) is 9.78 Å². The Bertz CT molecular complexity index is 833. The fourth-order valence-corrected chi connectivity index (χ4v) is 3.69. The van der Waals surface area contributed by atoms with Crippen molar-refractivity contribution >= 4 is 35.2 Å². The molecule has 9 heteroatoms. The molecule has 2 N–H and O–H groups in total. The van der Waals surface area contributed by atoms with Gasteiger partial charge >= 0.3 is 5.97 Å². The van der Waals surface area contributed by atoms with E-state index in [-0.39, 0.29) is 24.7 Å². The van der Waals surface area contributed by atoms with Gasteiger partial charge in [0.2, 0.25) is 5.91 Å². The number of benzene rings is 1. The quantitative estimate of drug-likeness (QED) is 0.729. The van der Waals surface area contributed by atoms with Crippen LogP contribution in [0.1, 0.15) is 12.0 Å². The number of nitrogens with one attached hydrogen (secondary N) is 1. The Balaban J connectivity index is 1.69. The number of carboxylic acids is 1. The minimum atomic E-state index is -1.34. The first kappa shape index (κ1) is 18.8. The van der Waals surface area contributed by atoms with Gasteiger partial charge in [-0.15, -0.1) is 0 Å². The molecule has 0 saturated carbocycles. The van der Waals surface area contributed by atoms with E-state index in [0.717, 1.165) is 11.3 Å². The Morgan fingerprint density at radius 3 is 3.00 bits per heavy atom. The fourth-order valence-electron chi connectivity index (χ4n) is 2.76. The van der Waals surface area contributed by atoms with E-state index in [1.54, 1.807) is 12.4 Å². The van der Waals surface area contributed by atoms with Crippen molar-refractivity contribution in [2.45, 2.75) is 24.0 Å². The predicted octanol–water partition coefficient (Wildman–Crippen LogP) is 2.29. The van der Waals surface area contributed by atoms with Gasteiger partial charge in [0.1, 0.15) is 0 Å². The van der Waals surface area contributed by atoms with Gasteiger partial charge in [0.25, 0.3) is 0 Å². The molecule has 1 unspecified atom stereocenters. The van der Waals surface area contributed by atoms with E-state index in [4.69, 9.17) is 16.3 Å². The molecule has 1 aromatic carbocycles. The number of aliphatic carboxylic acids is 1. The first-order chi connectivity index (χ1) is 12.4. The molecule has 1 aromatic heterocycles. The van der Waals surface area contributed by atoms with Crippen molar-refractivity contribution in [3.8, 4) is 5.69 Å². The van der Waals surface area contributed by atoms with E-state index in [1.807, 2.05) is 29.7 Å². The van der Waals surface area contributed by atoms with Crippen LogP contribution in [0.25, 0.3) is 5.69 Å². The van der Waals surface area contributed by atoms with Gasteiger partial charge in [0.15, 0.2) is 10.7 Å². The summed E-state index contributed by atoms with van der Waals surface area (Å²) in [6.07, 6.45) is 3.70. The van der Waals surface area contributed by atoms with Crippen LogP contribution in [0.4, 0.5) is 0 Å². The topological polar surface area (TPSA) is 93.5 Å². The molecule has 0 bridgehead atoms. The highest BCUT2D eigenvalue weighted by Gasteiger charge is 2.43. The third-order valence-electron chi connectivity index (χ3n) is 4.25. The number of nitrogens with zero attached hydrogens (tertiary/aromatic N) is 2. The summed E-state index contributed by atoms with van der Waals surface area (Å²) in [6.45, 7) is 2.21. The summed E-state index contributed by atoms with van der Waals surface area (Å²) in [5.74, 6) is -1.41. The number of thioether (sulfide) groups is 1. The Labute approximate surface area is 159 Å². The van der Waals surface area contributed by atoms with E-state index >= 15 is 0 Å². The van der Waals surface area contributed by atoms with Crippen molar-refractivity contribution in [2.24, 2.45) is 0 Å². The fraction of sp³-hybridized carbons (Fsp3) is 0.353. The van der Waals surface area contributed by atoms with Crippen molar-refractivity contribution in [2.75, 3.05) is 19.0 Å². The predicted molar refractivity (Wildman–Crippen MR) is 98.0 cm³/mol. The molecule has 1 aliphatic heterocycles. The van der Waals surface area contributed by atoms with Crippen LogP contribution in [0.3, 0.4) is 0 Å². The monoisotopic (exact) mass is 395 g/mol. The van der Waals surface area contributed by atoms with Crippen LogP contribution in [0.2, 0.25) is 5.02 Å². The lowest BCUT2D eigenvalue weighted by molar-refractivity contribution is -0.147. The largest absolute Gasteiger partial charge is 0.479 e. The summed E-state index contributed by atoms with van der Waals surface area (Å²) in [4.78, 5) is 28.0. The minimum Gasteiger partial charge on any atom is -0.479 e.